The van der Waals surface area contributed by atoms with Gasteiger partial charge < -0.3 is 9.84 Å². The Labute approximate surface area is 200 Å². The van der Waals surface area contributed by atoms with Gasteiger partial charge in [-0.2, -0.15) is 4.98 Å². The van der Waals surface area contributed by atoms with E-state index in [0.717, 1.165) is 11.1 Å². The first-order valence-electron chi connectivity index (χ1n) is 11.1. The molecule has 1 aliphatic heterocycles. The lowest BCUT2D eigenvalue weighted by molar-refractivity contribution is 0.203. The fourth-order valence-electron chi connectivity index (χ4n) is 4.08. The number of rotatable bonds is 5. The van der Waals surface area contributed by atoms with E-state index >= 15 is 0 Å². The first-order chi connectivity index (χ1) is 16.9. The van der Waals surface area contributed by atoms with Crippen LogP contribution in [0.3, 0.4) is 0 Å². The molecule has 0 radical (unpaired) electrons. The molecule has 1 unspecified atom stereocenters. The van der Waals surface area contributed by atoms with Gasteiger partial charge in [0.1, 0.15) is 11.6 Å². The number of allylic oxidation sites excluding steroid dienone is 1. The lowest BCUT2D eigenvalue weighted by Crippen LogP contribution is -2.45. The zero-order valence-electron chi connectivity index (χ0n) is 19.1. The number of aromatic nitrogens is 2. The number of nitrogens with zero attached hydrogens (tertiary/aromatic N) is 3. The number of aryl methyl sites for hydroxylation is 1. The lowest BCUT2D eigenvalue weighted by Gasteiger charge is -2.35. The Morgan fingerprint density at radius 2 is 1.54 bits per heavy atom. The molecule has 3 aromatic carbocycles. The molecule has 2 amide bonds. The van der Waals surface area contributed by atoms with E-state index in [0.29, 0.717) is 34.8 Å². The van der Waals surface area contributed by atoms with Crippen LogP contribution in [0.5, 0.6) is 0 Å². The van der Waals surface area contributed by atoms with Gasteiger partial charge in [-0.1, -0.05) is 47.1 Å². The minimum Gasteiger partial charge on any atom is -0.334 e. The molecule has 0 bridgehead atoms. The van der Waals surface area contributed by atoms with Crippen LogP contribution in [0.15, 0.2) is 83.0 Å². The van der Waals surface area contributed by atoms with E-state index in [4.69, 9.17) is 4.52 Å². The van der Waals surface area contributed by atoms with Crippen molar-refractivity contribution in [2.24, 2.45) is 0 Å². The Hall–Kier alpha value is -4.33. The van der Waals surface area contributed by atoms with E-state index in [1.807, 2.05) is 38.1 Å². The molecule has 2 heterocycles. The highest BCUT2D eigenvalue weighted by Gasteiger charge is 2.35. The third kappa shape index (κ3) is 4.55. The molecule has 4 aromatic rings. The fraction of sp³-hybridized carbons (Fsp3) is 0.148. The first-order valence-corrected chi connectivity index (χ1v) is 11.1. The maximum Gasteiger partial charge on any atom is 0.322 e. The predicted molar refractivity (Wildman–Crippen MR) is 127 cm³/mol. The number of benzene rings is 3. The lowest BCUT2D eigenvalue weighted by atomic mass is 9.94. The largest absolute Gasteiger partial charge is 0.334 e. The van der Waals surface area contributed by atoms with Crippen LogP contribution in [0.25, 0.3) is 17.0 Å². The summed E-state index contributed by atoms with van der Waals surface area (Å²) in [6.45, 7) is 4.17. The molecule has 1 aromatic heterocycles. The summed E-state index contributed by atoms with van der Waals surface area (Å²) in [6.07, 6.45) is 0. The van der Waals surface area contributed by atoms with Crippen LogP contribution in [0.1, 0.15) is 35.5 Å². The minimum absolute atomic E-state index is 0.213. The van der Waals surface area contributed by atoms with Crippen molar-refractivity contribution >= 4 is 11.6 Å². The normalized spacial score (nSPS) is 15.9. The molecule has 6 nitrogen and oxygen atoms in total. The van der Waals surface area contributed by atoms with E-state index in [-0.39, 0.29) is 23.6 Å². The molecule has 1 N–H and O–H groups in total. The molecule has 0 aliphatic carbocycles. The van der Waals surface area contributed by atoms with E-state index in [2.05, 4.69) is 15.5 Å². The Morgan fingerprint density at radius 1 is 0.914 bits per heavy atom. The number of amides is 2. The van der Waals surface area contributed by atoms with Gasteiger partial charge in [0.05, 0.1) is 18.2 Å². The Morgan fingerprint density at radius 3 is 2.20 bits per heavy atom. The summed E-state index contributed by atoms with van der Waals surface area (Å²) >= 11 is 0. The third-order valence-electron chi connectivity index (χ3n) is 6.02. The summed E-state index contributed by atoms with van der Waals surface area (Å²) in [7, 11) is 0. The van der Waals surface area contributed by atoms with Gasteiger partial charge in [0.2, 0.25) is 5.82 Å². The second-order valence-corrected chi connectivity index (χ2v) is 8.43. The molecule has 5 rings (SSSR count). The Bertz CT molecular complexity index is 1390. The number of hydrogen-bond donors (Lipinski definition) is 1. The Kier molecular flexibility index (Phi) is 5.86. The predicted octanol–water partition coefficient (Wildman–Crippen LogP) is 6.02. The Balaban J connectivity index is 1.58. The second kappa shape index (κ2) is 9.13. The molecule has 1 aliphatic rings. The van der Waals surface area contributed by atoms with E-state index in [9.17, 15) is 13.6 Å². The summed E-state index contributed by atoms with van der Waals surface area (Å²) in [5.41, 5.74) is 4.59. The van der Waals surface area contributed by atoms with Crippen molar-refractivity contribution in [1.82, 2.24) is 20.4 Å². The number of carbonyl (C=O) groups excluding carboxylic acids is 1. The zero-order chi connectivity index (χ0) is 24.5. The summed E-state index contributed by atoms with van der Waals surface area (Å²) < 4.78 is 32.6. The van der Waals surface area contributed by atoms with E-state index < -0.39 is 6.04 Å². The summed E-state index contributed by atoms with van der Waals surface area (Å²) in [6, 6.07) is 18.7. The average molecular weight is 472 g/mol. The molecule has 0 spiro atoms. The smallest absolute Gasteiger partial charge is 0.322 e. The van der Waals surface area contributed by atoms with Crippen molar-refractivity contribution in [3.8, 4) is 11.4 Å². The highest BCUT2D eigenvalue weighted by Crippen LogP contribution is 2.38. The SMILES string of the molecule is CC1=C(c2nc(-c3ccc(F)cc3)no2)C(c2ccc(F)cc2)NC(=O)N1Cc1ccc(C)cc1. The first kappa shape index (κ1) is 22.5. The molecule has 35 heavy (non-hydrogen) atoms. The van der Waals surface area contributed by atoms with Crippen LogP contribution in [0.4, 0.5) is 13.6 Å². The molecule has 176 valence electrons. The molecule has 1 atom stereocenters. The fourth-order valence-corrected chi connectivity index (χ4v) is 4.08. The van der Waals surface area contributed by atoms with Crippen LogP contribution in [-0.2, 0) is 6.54 Å². The summed E-state index contributed by atoms with van der Waals surface area (Å²) in [4.78, 5) is 19.3. The highest BCUT2D eigenvalue weighted by molar-refractivity contribution is 5.86. The number of halogens is 2. The van der Waals surface area contributed by atoms with Crippen molar-refractivity contribution in [2.45, 2.75) is 26.4 Å². The number of nitrogens with one attached hydrogen (secondary N) is 1. The highest BCUT2D eigenvalue weighted by atomic mass is 19.1. The van der Waals surface area contributed by atoms with Crippen LogP contribution in [-0.4, -0.2) is 21.1 Å². The molecule has 0 saturated heterocycles. The van der Waals surface area contributed by atoms with Gasteiger partial charge in [0, 0.05) is 11.3 Å². The molecule has 0 fully saturated rings. The summed E-state index contributed by atoms with van der Waals surface area (Å²) in [5.74, 6) is -0.241. The summed E-state index contributed by atoms with van der Waals surface area (Å²) in [5, 5.41) is 7.07. The van der Waals surface area contributed by atoms with Crippen molar-refractivity contribution in [3.63, 3.8) is 0 Å². The molecular formula is C27H22F2N4O2. The molecule has 0 saturated carbocycles. The topological polar surface area (TPSA) is 71.3 Å². The van der Waals surface area contributed by atoms with E-state index in [1.165, 1.54) is 24.3 Å². The van der Waals surface area contributed by atoms with Crippen molar-refractivity contribution in [1.29, 1.82) is 0 Å². The molecular weight excluding hydrogens is 450 g/mol. The van der Waals surface area contributed by atoms with Gasteiger partial charge in [-0.05, 0) is 61.4 Å². The van der Waals surface area contributed by atoms with Gasteiger partial charge in [-0.25, -0.2) is 13.6 Å². The van der Waals surface area contributed by atoms with Crippen molar-refractivity contribution < 1.29 is 18.1 Å². The number of hydrogen-bond acceptors (Lipinski definition) is 4. The zero-order valence-corrected chi connectivity index (χ0v) is 19.1. The van der Waals surface area contributed by atoms with Gasteiger partial charge >= 0.3 is 6.03 Å². The van der Waals surface area contributed by atoms with Crippen LogP contribution < -0.4 is 5.32 Å². The minimum atomic E-state index is -0.626. The van der Waals surface area contributed by atoms with E-state index in [1.54, 1.807) is 29.2 Å². The van der Waals surface area contributed by atoms with Gasteiger partial charge in [0.15, 0.2) is 0 Å². The number of carbonyl (C=O) groups is 1. The monoisotopic (exact) mass is 472 g/mol. The van der Waals surface area contributed by atoms with Crippen molar-refractivity contribution in [3.05, 3.63) is 113 Å². The third-order valence-corrected chi connectivity index (χ3v) is 6.02. The van der Waals surface area contributed by atoms with Crippen LogP contribution >= 0.6 is 0 Å². The number of urea groups is 1. The maximum atomic E-state index is 13.6. The van der Waals surface area contributed by atoms with Crippen molar-refractivity contribution in [2.75, 3.05) is 0 Å². The van der Waals surface area contributed by atoms with Gasteiger partial charge in [-0.3, -0.25) is 4.90 Å². The maximum absolute atomic E-state index is 13.6. The van der Waals surface area contributed by atoms with Crippen LogP contribution in [0, 0.1) is 18.6 Å². The van der Waals surface area contributed by atoms with Gasteiger partial charge in [0.25, 0.3) is 5.89 Å². The second-order valence-electron chi connectivity index (χ2n) is 8.43. The quantitative estimate of drug-likeness (QED) is 0.386. The average Bonchev–Trinajstić information content (AvgIpc) is 3.33. The molecule has 8 heteroatoms. The standard InChI is InChI=1S/C27H22F2N4O2/c1-16-3-5-18(6-4-16)15-33-17(2)23(24(30-27(33)34)19-7-11-21(28)12-8-19)26-31-25(32-35-26)20-9-13-22(29)14-10-20/h3-14,24H,15H2,1-2H3,(H,30,34). The van der Waals surface area contributed by atoms with Gasteiger partial charge in [-0.15, -0.1) is 0 Å². The van der Waals surface area contributed by atoms with Crippen LogP contribution in [0.2, 0.25) is 0 Å².